The van der Waals surface area contributed by atoms with E-state index in [9.17, 15) is 0 Å². The molecule has 0 aromatic heterocycles. The van der Waals surface area contributed by atoms with Gasteiger partial charge in [0, 0.05) is 0 Å². The molecule has 172 valence electrons. The Morgan fingerprint density at radius 2 is 1.06 bits per heavy atom. The average Bonchev–Trinajstić information content (AvgIpc) is 3.30. The van der Waals surface area contributed by atoms with Crippen LogP contribution >= 0.6 is 17.0 Å². The van der Waals surface area contributed by atoms with Crippen LogP contribution in [0, 0.1) is 11.8 Å². The van der Waals surface area contributed by atoms with Crippen molar-refractivity contribution in [2.24, 2.45) is 11.8 Å². The number of hydrogen-bond acceptors (Lipinski definition) is 0. The van der Waals surface area contributed by atoms with E-state index in [2.05, 4.69) is 114 Å². The summed E-state index contributed by atoms with van der Waals surface area (Å²) in [6.07, 6.45) is 2.38. The number of halogens is 2. The van der Waals surface area contributed by atoms with Crippen LogP contribution in [0.4, 0.5) is 0 Å². The molecule has 0 fully saturated rings. The van der Waals surface area contributed by atoms with Crippen LogP contribution in [0.5, 0.6) is 0 Å². The monoisotopic (exact) mass is 560 g/mol. The van der Waals surface area contributed by atoms with Gasteiger partial charge in [-0.25, -0.2) is 0 Å². The van der Waals surface area contributed by atoms with E-state index in [0.717, 1.165) is 11.8 Å². The van der Waals surface area contributed by atoms with Gasteiger partial charge in [0.2, 0.25) is 0 Å². The molecule has 0 aliphatic carbocycles. The van der Waals surface area contributed by atoms with Crippen molar-refractivity contribution < 1.29 is 18.0 Å². The molecule has 0 aliphatic rings. The third-order valence-electron chi connectivity index (χ3n) is 5.02. The second-order valence-corrected chi connectivity index (χ2v) is 32.4. The van der Waals surface area contributed by atoms with E-state index < -0.39 is 18.0 Å². The third kappa shape index (κ3) is 9.68. The summed E-state index contributed by atoms with van der Waals surface area (Å²) in [5.74, 6) is 1.49. The number of hydrogen-bond donors (Lipinski definition) is 0. The van der Waals surface area contributed by atoms with Gasteiger partial charge in [-0.15, -0.1) is 81.2 Å². The Kier molecular flexibility index (Phi) is 12.0. The van der Waals surface area contributed by atoms with Crippen molar-refractivity contribution in [2.45, 2.75) is 53.6 Å². The predicted molar refractivity (Wildman–Crippen MR) is 145 cm³/mol. The fourth-order valence-electron chi connectivity index (χ4n) is 3.61. The van der Waals surface area contributed by atoms with Gasteiger partial charge in [-0.3, -0.25) is 0 Å². The van der Waals surface area contributed by atoms with Crippen molar-refractivity contribution in [3.8, 4) is 0 Å². The molecule has 0 spiro atoms. The first-order valence-electron chi connectivity index (χ1n) is 11.4. The van der Waals surface area contributed by atoms with Crippen molar-refractivity contribution in [3.63, 3.8) is 0 Å². The van der Waals surface area contributed by atoms with Crippen molar-refractivity contribution in [1.82, 2.24) is 0 Å². The van der Waals surface area contributed by atoms with Crippen LogP contribution in [0.15, 0.2) is 72.8 Å². The Morgan fingerprint density at radius 3 is 1.34 bits per heavy atom. The zero-order valence-electron chi connectivity index (χ0n) is 20.3. The quantitative estimate of drug-likeness (QED) is 0.172. The molecule has 4 rings (SSSR count). The van der Waals surface area contributed by atoms with Crippen LogP contribution < -0.4 is 0 Å². The fourth-order valence-corrected chi connectivity index (χ4v) is 3.61. The van der Waals surface area contributed by atoms with E-state index in [1.54, 1.807) is 0 Å². The zero-order chi connectivity index (χ0) is 23.7. The minimum absolute atomic E-state index is 0.224. The Balaban J connectivity index is 0.000000183. The maximum atomic E-state index is 5.62. The van der Waals surface area contributed by atoms with Gasteiger partial charge in [0.25, 0.3) is 0 Å². The first-order valence-corrected chi connectivity index (χ1v) is 23.9. The predicted octanol–water partition coefficient (Wildman–Crippen LogP) is 9.68. The van der Waals surface area contributed by atoms with Crippen molar-refractivity contribution in [3.05, 3.63) is 83.9 Å². The number of fused-ring (bicyclic) bond motifs is 2. The average molecular weight is 563 g/mol. The summed E-state index contributed by atoms with van der Waals surface area (Å²) in [5, 5.41) is 5.49. The number of rotatable bonds is 4. The minimum atomic E-state index is -1.65. The second-order valence-electron chi connectivity index (χ2n) is 9.44. The summed E-state index contributed by atoms with van der Waals surface area (Å²) in [7, 11) is 11.2. The first-order chi connectivity index (χ1) is 15.2. The molecule has 0 heterocycles. The van der Waals surface area contributed by atoms with Crippen LogP contribution in [0.1, 0.15) is 38.8 Å². The van der Waals surface area contributed by atoms with Crippen molar-refractivity contribution >= 4 is 44.0 Å². The van der Waals surface area contributed by atoms with Crippen LogP contribution in [0.2, 0.25) is 13.1 Å². The molecule has 0 amide bonds. The molecule has 0 unspecified atom stereocenters. The molecule has 4 aromatic rings. The summed E-state index contributed by atoms with van der Waals surface area (Å²) in [5.41, 5.74) is 2.71. The van der Waals surface area contributed by atoms with E-state index >= 15 is 0 Å². The van der Waals surface area contributed by atoms with Crippen LogP contribution in [-0.2, 0) is 30.8 Å². The molecule has 0 radical (unpaired) electrons. The van der Waals surface area contributed by atoms with Crippen molar-refractivity contribution in [2.75, 3.05) is 0 Å². The van der Waals surface area contributed by atoms with Gasteiger partial charge in [-0.2, -0.15) is 12.1 Å². The molecule has 0 atom stereocenters. The van der Waals surface area contributed by atoms with E-state index in [1.807, 2.05) is 0 Å². The molecule has 0 aliphatic heterocycles. The Morgan fingerprint density at radius 1 is 0.719 bits per heavy atom. The molecular weight excluding hydrogens is 527 g/mol. The van der Waals surface area contributed by atoms with E-state index in [0.29, 0.717) is 0 Å². The van der Waals surface area contributed by atoms with Crippen LogP contribution in [-0.4, -0.2) is 5.43 Å². The summed E-state index contributed by atoms with van der Waals surface area (Å²) >= 11 is -1.65. The van der Waals surface area contributed by atoms with Gasteiger partial charge in [-0.1, -0.05) is 39.8 Å². The van der Waals surface area contributed by atoms with Gasteiger partial charge in [-0.05, 0) is 24.7 Å². The maximum absolute atomic E-state index is 5.62. The second kappa shape index (κ2) is 13.9. The normalized spacial score (nSPS) is 10.7. The van der Waals surface area contributed by atoms with Crippen LogP contribution in [0.3, 0.4) is 0 Å². The summed E-state index contributed by atoms with van der Waals surface area (Å²) < 4.78 is 0. The molecule has 0 saturated carbocycles. The summed E-state index contributed by atoms with van der Waals surface area (Å²) in [4.78, 5) is 0. The molecule has 4 aromatic carbocycles. The topological polar surface area (TPSA) is 0 Å². The molecule has 4 heteroatoms. The van der Waals surface area contributed by atoms with Crippen molar-refractivity contribution in [1.29, 1.82) is 0 Å². The molecular formula is C28H36Cl2SiZr-2. The molecule has 0 saturated heterocycles. The Labute approximate surface area is 210 Å². The molecule has 32 heavy (non-hydrogen) atoms. The number of benzene rings is 2. The summed E-state index contributed by atoms with van der Waals surface area (Å²) in [6.45, 7) is 13.4. The Hall–Kier alpha value is -0.660. The van der Waals surface area contributed by atoms with Gasteiger partial charge in [0.15, 0.2) is 0 Å². The van der Waals surface area contributed by atoms with Gasteiger partial charge in [0.05, 0.1) is 0 Å². The Bertz CT molecular complexity index is 970. The standard InChI is InChI=1S/2C13H15.C2H6Si.2ClH.Zr/c2*1-10(2)7-11-8-12-5-3-4-6-13(12)9-11;1-3-2;;;/h2*3-6,8-10H,7H2,1-2H3;1-2H3;2*1H;/q2*-1;;;;+2/p-2. The van der Waals surface area contributed by atoms with E-state index in [-0.39, 0.29) is 5.43 Å². The summed E-state index contributed by atoms with van der Waals surface area (Å²) in [6, 6.07) is 26.3. The molecule has 0 bridgehead atoms. The van der Waals surface area contributed by atoms with E-state index in [4.69, 9.17) is 17.0 Å². The van der Waals surface area contributed by atoms with E-state index in [1.165, 1.54) is 45.5 Å². The first kappa shape index (κ1) is 27.6. The molecule has 0 nitrogen and oxygen atoms in total. The zero-order valence-corrected chi connectivity index (χ0v) is 25.2. The van der Waals surface area contributed by atoms with Gasteiger partial charge in [0.1, 0.15) is 0 Å². The van der Waals surface area contributed by atoms with Gasteiger partial charge < -0.3 is 0 Å². The van der Waals surface area contributed by atoms with Gasteiger partial charge >= 0.3 is 53.5 Å². The molecule has 0 N–H and O–H groups in total. The SMILES string of the molecule is CC(C)Cc1cc2ccccc2[cH-]1.CC(C)Cc1cc2ccccc2[cH-]1.C[Si](C)=[Zr]([Cl])[Cl]. The fraction of sp³-hybridized carbons (Fsp3) is 0.357. The third-order valence-corrected chi connectivity index (χ3v) is 24.8. The van der Waals surface area contributed by atoms with Crippen LogP contribution in [0.25, 0.3) is 21.5 Å².